The van der Waals surface area contributed by atoms with Gasteiger partial charge in [-0.15, -0.1) is 0 Å². The molecule has 5 nitrogen and oxygen atoms in total. The van der Waals surface area contributed by atoms with E-state index in [-0.39, 0.29) is 18.9 Å². The first-order valence-corrected chi connectivity index (χ1v) is 10.3. The van der Waals surface area contributed by atoms with Crippen LogP contribution in [0.25, 0.3) is 0 Å². The molecule has 3 rings (SSSR count). The van der Waals surface area contributed by atoms with Crippen molar-refractivity contribution in [2.75, 3.05) is 12.3 Å². The number of amides is 1. The summed E-state index contributed by atoms with van der Waals surface area (Å²) in [6.07, 6.45) is 0.758. The molecule has 0 bridgehead atoms. The number of nitrogens with zero attached hydrogens (tertiary/aromatic N) is 1. The molecule has 3 aromatic rings. The van der Waals surface area contributed by atoms with Gasteiger partial charge in [-0.05, 0) is 65.9 Å². The first-order chi connectivity index (χ1) is 15.4. The summed E-state index contributed by atoms with van der Waals surface area (Å²) < 4.78 is 26.9. The van der Waals surface area contributed by atoms with Gasteiger partial charge in [0.2, 0.25) is 0 Å². The van der Waals surface area contributed by atoms with Crippen LogP contribution in [0.4, 0.5) is 14.5 Å². The Hall–Kier alpha value is -3.58. The second-order valence-corrected chi connectivity index (χ2v) is 6.85. The monoisotopic (exact) mass is 439 g/mol. The molecule has 3 aromatic carbocycles. The van der Waals surface area contributed by atoms with Gasteiger partial charge in [-0.1, -0.05) is 32.0 Å². The van der Waals surface area contributed by atoms with Crippen molar-refractivity contribution in [2.45, 2.75) is 26.7 Å². The Morgan fingerprint density at radius 3 is 2.09 bits per heavy atom. The van der Waals surface area contributed by atoms with Crippen molar-refractivity contribution in [3.63, 3.8) is 0 Å². The van der Waals surface area contributed by atoms with E-state index in [9.17, 15) is 13.6 Å². The number of carbonyl (C=O) groups excluding carboxylic acids is 1. The average molecular weight is 440 g/mol. The van der Waals surface area contributed by atoms with Gasteiger partial charge in [-0.3, -0.25) is 4.79 Å². The van der Waals surface area contributed by atoms with Gasteiger partial charge >= 0.3 is 0 Å². The van der Waals surface area contributed by atoms with E-state index in [1.807, 2.05) is 13.8 Å². The van der Waals surface area contributed by atoms with Crippen molar-refractivity contribution in [3.8, 4) is 0 Å². The van der Waals surface area contributed by atoms with Gasteiger partial charge in [0, 0.05) is 29.5 Å². The predicted octanol–water partition coefficient (Wildman–Crippen LogP) is 4.24. The largest absolute Gasteiger partial charge is 0.398 e. The summed E-state index contributed by atoms with van der Waals surface area (Å²) in [6, 6.07) is 15.0. The third-order valence-corrected chi connectivity index (χ3v) is 4.55. The maximum atomic E-state index is 13.4. The van der Waals surface area contributed by atoms with Gasteiger partial charge in [0.15, 0.2) is 0 Å². The second-order valence-electron chi connectivity index (χ2n) is 6.85. The Morgan fingerprint density at radius 2 is 1.50 bits per heavy atom. The number of hydrogen-bond donors (Lipinski definition) is 3. The lowest BCUT2D eigenvalue weighted by atomic mass is 10.0. The number of aliphatic hydroxyl groups excluding tert-OH is 1. The van der Waals surface area contributed by atoms with Crippen LogP contribution in [-0.4, -0.2) is 23.5 Å². The molecule has 0 fully saturated rings. The second kappa shape index (κ2) is 11.7. The third kappa shape index (κ3) is 6.72. The maximum Gasteiger partial charge on any atom is 0.278 e. The number of nitrogens with two attached hydrogens (primary N) is 2. The van der Waals surface area contributed by atoms with E-state index in [2.05, 4.69) is 4.99 Å². The molecule has 7 heteroatoms. The highest BCUT2D eigenvalue weighted by atomic mass is 19.1. The smallest absolute Gasteiger partial charge is 0.278 e. The van der Waals surface area contributed by atoms with E-state index < -0.39 is 17.5 Å². The summed E-state index contributed by atoms with van der Waals surface area (Å²) in [5.74, 6) is -1.89. The lowest BCUT2D eigenvalue weighted by Crippen LogP contribution is -2.18. The normalized spacial score (nSPS) is 11.0. The zero-order chi connectivity index (χ0) is 23.7. The average Bonchev–Trinajstić information content (AvgIpc) is 2.76. The van der Waals surface area contributed by atoms with Crippen molar-refractivity contribution >= 4 is 17.4 Å². The molecular formula is C25H27F2N3O2. The highest BCUT2D eigenvalue weighted by molar-refractivity contribution is 6.10. The molecule has 0 aliphatic carbocycles. The third-order valence-electron chi connectivity index (χ3n) is 4.55. The molecule has 0 heterocycles. The van der Waals surface area contributed by atoms with Crippen LogP contribution >= 0.6 is 0 Å². The van der Waals surface area contributed by atoms with Crippen LogP contribution in [0.5, 0.6) is 0 Å². The van der Waals surface area contributed by atoms with Crippen molar-refractivity contribution in [3.05, 3.63) is 100 Å². The van der Waals surface area contributed by atoms with E-state index in [0.29, 0.717) is 34.4 Å². The number of nitrogen functional groups attached to an aromatic ring is 1. The van der Waals surface area contributed by atoms with E-state index in [1.165, 1.54) is 12.1 Å². The van der Waals surface area contributed by atoms with Crippen LogP contribution in [-0.2, 0) is 12.8 Å². The standard InChI is InChI=1S/C23H21F2N3O2.C2H6/c24-18-10-16(11-19(25)13-18)9-15-3-6-21(26)20(12-15)22(27)28-23(30)17-4-1-14(2-5-17)7-8-29;1-2/h1-6,10-13,29H,7-9,26H2,(H2,27,28,30);1-2H3. The molecule has 0 radical (unpaired) electrons. The maximum absolute atomic E-state index is 13.4. The number of halogens is 2. The fourth-order valence-corrected chi connectivity index (χ4v) is 3.06. The first-order valence-electron chi connectivity index (χ1n) is 10.3. The Bertz CT molecular complexity index is 1080. The molecule has 0 saturated heterocycles. The number of anilines is 1. The van der Waals surface area contributed by atoms with Crippen LogP contribution < -0.4 is 11.5 Å². The Balaban J connectivity index is 0.00000176. The van der Waals surface area contributed by atoms with Gasteiger partial charge in [0.05, 0.1) is 0 Å². The lowest BCUT2D eigenvalue weighted by Gasteiger charge is -2.09. The van der Waals surface area contributed by atoms with E-state index in [4.69, 9.17) is 16.6 Å². The van der Waals surface area contributed by atoms with Crippen LogP contribution in [0.3, 0.4) is 0 Å². The molecule has 168 valence electrons. The number of aliphatic imine (C=N–C) groups is 1. The summed E-state index contributed by atoms with van der Waals surface area (Å²) in [7, 11) is 0. The van der Waals surface area contributed by atoms with Crippen molar-refractivity contribution in [2.24, 2.45) is 10.7 Å². The van der Waals surface area contributed by atoms with Gasteiger partial charge in [-0.2, -0.15) is 4.99 Å². The van der Waals surface area contributed by atoms with Crippen LogP contribution in [0, 0.1) is 11.6 Å². The molecule has 0 aliphatic rings. The van der Waals surface area contributed by atoms with E-state index in [0.717, 1.165) is 11.6 Å². The molecule has 0 atom stereocenters. The number of hydrogen-bond acceptors (Lipinski definition) is 3. The van der Waals surface area contributed by atoms with Crippen molar-refractivity contribution in [1.82, 2.24) is 0 Å². The summed E-state index contributed by atoms with van der Waals surface area (Å²) >= 11 is 0. The predicted molar refractivity (Wildman–Crippen MR) is 124 cm³/mol. The molecule has 0 unspecified atom stereocenters. The summed E-state index contributed by atoms with van der Waals surface area (Å²) in [6.45, 7) is 4.02. The topological polar surface area (TPSA) is 102 Å². The Morgan fingerprint density at radius 1 is 0.906 bits per heavy atom. The summed E-state index contributed by atoms with van der Waals surface area (Å²) in [5, 5.41) is 8.96. The Labute approximate surface area is 186 Å². The number of benzene rings is 3. The summed E-state index contributed by atoms with van der Waals surface area (Å²) in [5.41, 5.74) is 15.1. The fourth-order valence-electron chi connectivity index (χ4n) is 3.06. The molecular weight excluding hydrogens is 412 g/mol. The SMILES string of the molecule is CC.NC(=NC(=O)c1ccc(CCO)cc1)c1cc(Cc2cc(F)cc(F)c2)ccc1N. The number of rotatable bonds is 6. The number of amidine groups is 1. The fraction of sp³-hybridized carbons (Fsp3) is 0.200. The molecule has 0 aromatic heterocycles. The quantitative estimate of drug-likeness (QED) is 0.304. The minimum absolute atomic E-state index is 0.0241. The molecule has 32 heavy (non-hydrogen) atoms. The van der Waals surface area contributed by atoms with Crippen LogP contribution in [0.2, 0.25) is 0 Å². The van der Waals surface area contributed by atoms with Crippen molar-refractivity contribution < 1.29 is 18.7 Å². The lowest BCUT2D eigenvalue weighted by molar-refractivity contribution is 0.100. The van der Waals surface area contributed by atoms with Crippen LogP contribution in [0.15, 0.2) is 65.7 Å². The minimum atomic E-state index is -0.655. The van der Waals surface area contributed by atoms with Gasteiger partial charge in [0.1, 0.15) is 17.5 Å². The highest BCUT2D eigenvalue weighted by Crippen LogP contribution is 2.19. The molecule has 5 N–H and O–H groups in total. The Kier molecular flexibility index (Phi) is 9.04. The molecule has 0 aliphatic heterocycles. The van der Waals surface area contributed by atoms with E-state index >= 15 is 0 Å². The van der Waals surface area contributed by atoms with E-state index in [1.54, 1.807) is 42.5 Å². The zero-order valence-electron chi connectivity index (χ0n) is 18.1. The molecule has 1 amide bonds. The summed E-state index contributed by atoms with van der Waals surface area (Å²) in [4.78, 5) is 16.4. The van der Waals surface area contributed by atoms with Gasteiger partial charge < -0.3 is 16.6 Å². The van der Waals surface area contributed by atoms with Crippen molar-refractivity contribution in [1.29, 1.82) is 0 Å². The van der Waals surface area contributed by atoms with Gasteiger partial charge in [-0.25, -0.2) is 8.78 Å². The first kappa shape index (κ1) is 24.7. The van der Waals surface area contributed by atoms with Gasteiger partial charge in [0.25, 0.3) is 5.91 Å². The molecule has 0 saturated carbocycles. The number of aliphatic hydroxyl groups is 1. The molecule has 0 spiro atoms. The highest BCUT2D eigenvalue weighted by Gasteiger charge is 2.11. The minimum Gasteiger partial charge on any atom is -0.398 e. The van der Waals surface area contributed by atoms with Crippen LogP contribution in [0.1, 0.15) is 46.5 Å². The number of carbonyl (C=O) groups is 1. The zero-order valence-corrected chi connectivity index (χ0v) is 18.1.